The molecule has 1 saturated heterocycles. The van der Waals surface area contributed by atoms with Crippen LogP contribution in [0.1, 0.15) is 6.42 Å². The van der Waals surface area contributed by atoms with Crippen molar-refractivity contribution in [2.24, 2.45) is 17.4 Å². The number of carbonyl (C=O) groups excluding carboxylic acids is 3. The fraction of sp³-hybridized carbons (Fsp3) is 0.400. The van der Waals surface area contributed by atoms with Gasteiger partial charge in [-0.25, -0.2) is 4.79 Å². The van der Waals surface area contributed by atoms with Gasteiger partial charge in [0.15, 0.2) is 6.04 Å². The molecule has 4 amide bonds. The van der Waals surface area contributed by atoms with E-state index < -0.39 is 23.9 Å². The maximum Gasteiger partial charge on any atom is 0.315 e. The van der Waals surface area contributed by atoms with Gasteiger partial charge in [-0.1, -0.05) is 18.2 Å². The quantitative estimate of drug-likeness (QED) is 0.509. The van der Waals surface area contributed by atoms with Crippen LogP contribution in [-0.2, 0) is 9.59 Å². The smallest absolute Gasteiger partial charge is 0.315 e. The number of primary amides is 2. The predicted octanol–water partition coefficient (Wildman–Crippen LogP) is -0.849. The first kappa shape index (κ1) is 16.6. The molecule has 124 valence electrons. The molecule has 1 unspecified atom stereocenters. The van der Waals surface area contributed by atoms with Crippen LogP contribution < -0.4 is 27.0 Å². The topological polar surface area (TPSA) is 131 Å². The Labute approximate surface area is 134 Å². The van der Waals surface area contributed by atoms with E-state index in [1.807, 2.05) is 30.3 Å². The molecular formula is C15H21N5O3. The zero-order valence-electron chi connectivity index (χ0n) is 12.7. The highest BCUT2D eigenvalue weighted by molar-refractivity contribution is 6.05. The van der Waals surface area contributed by atoms with E-state index in [1.54, 1.807) is 0 Å². The summed E-state index contributed by atoms with van der Waals surface area (Å²) in [5, 5.41) is 4.81. The summed E-state index contributed by atoms with van der Waals surface area (Å²) in [4.78, 5) is 36.0. The Balaban J connectivity index is 1.77. The van der Waals surface area contributed by atoms with Gasteiger partial charge in [-0.3, -0.25) is 9.59 Å². The molecule has 1 aliphatic heterocycles. The van der Waals surface area contributed by atoms with E-state index in [0.717, 1.165) is 25.2 Å². The molecule has 0 aliphatic carbocycles. The van der Waals surface area contributed by atoms with Gasteiger partial charge in [0.1, 0.15) is 0 Å². The molecule has 0 radical (unpaired) electrons. The highest BCUT2D eigenvalue weighted by Crippen LogP contribution is 2.22. The van der Waals surface area contributed by atoms with Crippen molar-refractivity contribution in [1.82, 2.24) is 10.6 Å². The van der Waals surface area contributed by atoms with E-state index in [1.165, 1.54) is 0 Å². The first-order valence-electron chi connectivity index (χ1n) is 7.40. The lowest BCUT2D eigenvalue weighted by Gasteiger charge is -2.19. The number of urea groups is 1. The Hall–Kier alpha value is -2.77. The Morgan fingerprint density at radius 3 is 2.43 bits per heavy atom. The molecule has 23 heavy (non-hydrogen) atoms. The average molecular weight is 319 g/mol. The third-order valence-corrected chi connectivity index (χ3v) is 3.80. The number of amides is 4. The predicted molar refractivity (Wildman–Crippen MR) is 85.5 cm³/mol. The summed E-state index contributed by atoms with van der Waals surface area (Å²) in [5.41, 5.74) is 11.2. The molecule has 1 aromatic rings. The summed E-state index contributed by atoms with van der Waals surface area (Å²) in [5.74, 6) is -1.67. The Kier molecular flexibility index (Phi) is 5.40. The molecule has 8 nitrogen and oxygen atoms in total. The third kappa shape index (κ3) is 4.60. The van der Waals surface area contributed by atoms with Crippen LogP contribution in [0.2, 0.25) is 0 Å². The third-order valence-electron chi connectivity index (χ3n) is 3.80. The fourth-order valence-electron chi connectivity index (χ4n) is 2.57. The molecule has 0 spiro atoms. The number of benzene rings is 1. The van der Waals surface area contributed by atoms with Crippen LogP contribution in [0, 0.1) is 5.92 Å². The van der Waals surface area contributed by atoms with Crippen LogP contribution in [0.15, 0.2) is 30.3 Å². The van der Waals surface area contributed by atoms with E-state index in [9.17, 15) is 14.4 Å². The van der Waals surface area contributed by atoms with Crippen molar-refractivity contribution in [3.63, 3.8) is 0 Å². The Morgan fingerprint density at radius 1 is 1.17 bits per heavy atom. The lowest BCUT2D eigenvalue weighted by atomic mass is 10.1. The van der Waals surface area contributed by atoms with E-state index in [2.05, 4.69) is 15.5 Å². The first-order chi connectivity index (χ1) is 11.0. The van der Waals surface area contributed by atoms with Gasteiger partial charge in [-0.2, -0.15) is 0 Å². The van der Waals surface area contributed by atoms with Crippen molar-refractivity contribution in [2.75, 3.05) is 24.5 Å². The van der Waals surface area contributed by atoms with Crippen molar-refractivity contribution in [2.45, 2.75) is 12.5 Å². The number of anilines is 1. The fourth-order valence-corrected chi connectivity index (χ4v) is 2.57. The summed E-state index contributed by atoms with van der Waals surface area (Å²) in [6, 6.07) is 7.91. The van der Waals surface area contributed by atoms with E-state index in [4.69, 9.17) is 11.5 Å². The first-order valence-corrected chi connectivity index (χ1v) is 7.40. The van der Waals surface area contributed by atoms with E-state index >= 15 is 0 Å². The minimum Gasteiger partial charge on any atom is -0.371 e. The minimum atomic E-state index is -1.50. The second-order valence-corrected chi connectivity index (χ2v) is 5.53. The van der Waals surface area contributed by atoms with Gasteiger partial charge in [-0.15, -0.1) is 0 Å². The normalized spacial score (nSPS) is 17.1. The number of para-hydroxylation sites is 1. The summed E-state index contributed by atoms with van der Waals surface area (Å²) in [6.07, 6.45) is 0.949. The number of nitrogens with two attached hydrogens (primary N) is 2. The summed E-state index contributed by atoms with van der Waals surface area (Å²) in [6.45, 7) is 2.20. The number of carbonyl (C=O) groups is 3. The van der Waals surface area contributed by atoms with Crippen molar-refractivity contribution in [3.05, 3.63) is 30.3 Å². The van der Waals surface area contributed by atoms with Gasteiger partial charge < -0.3 is 27.0 Å². The van der Waals surface area contributed by atoms with Gasteiger partial charge in [0.05, 0.1) is 0 Å². The summed E-state index contributed by atoms with van der Waals surface area (Å²) in [7, 11) is 0. The average Bonchev–Trinajstić information content (AvgIpc) is 3.00. The number of nitrogens with zero attached hydrogens (tertiary/aromatic N) is 1. The Morgan fingerprint density at radius 2 is 1.83 bits per heavy atom. The molecule has 2 rings (SSSR count). The van der Waals surface area contributed by atoms with Crippen LogP contribution in [0.5, 0.6) is 0 Å². The van der Waals surface area contributed by atoms with Crippen molar-refractivity contribution >= 4 is 23.5 Å². The van der Waals surface area contributed by atoms with Crippen LogP contribution in [0.4, 0.5) is 10.5 Å². The minimum absolute atomic E-state index is 0.293. The van der Waals surface area contributed by atoms with E-state index in [-0.39, 0.29) is 0 Å². The molecule has 1 heterocycles. The SMILES string of the molecule is NC(=O)C(NC(=O)NCC1CCN(c2ccccc2)C1)C(N)=O. The zero-order valence-corrected chi connectivity index (χ0v) is 12.7. The molecule has 0 bridgehead atoms. The maximum absolute atomic E-state index is 11.7. The molecular weight excluding hydrogens is 298 g/mol. The summed E-state index contributed by atoms with van der Waals surface area (Å²) < 4.78 is 0. The molecule has 6 N–H and O–H groups in total. The number of hydrogen-bond donors (Lipinski definition) is 4. The highest BCUT2D eigenvalue weighted by Gasteiger charge is 2.26. The van der Waals surface area contributed by atoms with Gasteiger partial charge in [-0.05, 0) is 24.5 Å². The monoisotopic (exact) mass is 319 g/mol. The Bertz CT molecular complexity index is 564. The number of rotatable bonds is 6. The molecule has 0 saturated carbocycles. The molecule has 0 aromatic heterocycles. The van der Waals surface area contributed by atoms with Crippen molar-refractivity contribution in [3.8, 4) is 0 Å². The molecule has 1 fully saturated rings. The van der Waals surface area contributed by atoms with Crippen LogP contribution in [0.3, 0.4) is 0 Å². The van der Waals surface area contributed by atoms with Gasteiger partial charge in [0.25, 0.3) is 0 Å². The maximum atomic E-state index is 11.7. The highest BCUT2D eigenvalue weighted by atomic mass is 16.2. The number of hydrogen-bond acceptors (Lipinski definition) is 4. The van der Waals surface area contributed by atoms with Gasteiger partial charge in [0.2, 0.25) is 11.8 Å². The van der Waals surface area contributed by atoms with E-state index in [0.29, 0.717) is 12.5 Å². The molecule has 8 heteroatoms. The molecule has 1 aromatic carbocycles. The lowest BCUT2D eigenvalue weighted by molar-refractivity contribution is -0.128. The standard InChI is InChI=1S/C15H21N5O3/c16-13(21)12(14(17)22)19-15(23)18-8-10-6-7-20(9-10)11-4-2-1-3-5-11/h1-5,10,12H,6-9H2,(H2,16,21)(H2,17,22)(H2,18,19,23). The van der Waals surface area contributed by atoms with Crippen molar-refractivity contribution in [1.29, 1.82) is 0 Å². The van der Waals surface area contributed by atoms with Crippen molar-refractivity contribution < 1.29 is 14.4 Å². The van der Waals surface area contributed by atoms with Gasteiger partial charge in [0, 0.05) is 25.3 Å². The second kappa shape index (κ2) is 7.48. The molecule has 1 atom stereocenters. The second-order valence-electron chi connectivity index (χ2n) is 5.53. The zero-order chi connectivity index (χ0) is 16.8. The number of nitrogens with one attached hydrogen (secondary N) is 2. The van der Waals surface area contributed by atoms with Crippen LogP contribution in [0.25, 0.3) is 0 Å². The summed E-state index contributed by atoms with van der Waals surface area (Å²) >= 11 is 0. The van der Waals surface area contributed by atoms with Crippen LogP contribution in [-0.4, -0.2) is 43.5 Å². The largest absolute Gasteiger partial charge is 0.371 e. The lowest BCUT2D eigenvalue weighted by Crippen LogP contribution is -2.55. The molecule has 1 aliphatic rings. The van der Waals surface area contributed by atoms with Crippen LogP contribution >= 0.6 is 0 Å². The van der Waals surface area contributed by atoms with Gasteiger partial charge >= 0.3 is 6.03 Å².